The molecule has 0 aromatic carbocycles. The van der Waals surface area contributed by atoms with E-state index in [0.717, 1.165) is 13.2 Å². The van der Waals surface area contributed by atoms with Crippen molar-refractivity contribution in [3.8, 4) is 0 Å². The van der Waals surface area contributed by atoms with Crippen molar-refractivity contribution in [1.29, 1.82) is 0 Å². The van der Waals surface area contributed by atoms with Gasteiger partial charge >= 0.3 is 9.28 Å². The second-order valence-electron chi connectivity index (χ2n) is 4.91. The van der Waals surface area contributed by atoms with Crippen molar-refractivity contribution in [3.63, 3.8) is 0 Å². The summed E-state index contributed by atoms with van der Waals surface area (Å²) >= 11 is 0. The van der Waals surface area contributed by atoms with E-state index in [-0.39, 0.29) is 0 Å². The number of hydrogen-bond donors (Lipinski definition) is 0. The van der Waals surface area contributed by atoms with Crippen molar-refractivity contribution < 1.29 is 8.85 Å². The van der Waals surface area contributed by atoms with Crippen LogP contribution in [0.3, 0.4) is 0 Å². The first-order chi connectivity index (χ1) is 8.26. The van der Waals surface area contributed by atoms with Crippen molar-refractivity contribution in [2.24, 2.45) is 0 Å². The molecule has 0 saturated heterocycles. The fraction of sp³-hybridized carbons (Fsp3) is 1.00. The topological polar surface area (TPSA) is 18.5 Å². The standard InChI is InChI=1S/C14H32O2Si/c1-5-8-10-12-15-17(14(4)7-3)16-13-11-9-6-2/h14,17H,5-13H2,1-4H3. The maximum atomic E-state index is 5.99. The summed E-state index contributed by atoms with van der Waals surface area (Å²) in [4.78, 5) is 0. The summed E-state index contributed by atoms with van der Waals surface area (Å²) in [7, 11) is -1.41. The zero-order valence-corrected chi connectivity index (χ0v) is 13.5. The van der Waals surface area contributed by atoms with E-state index in [1.54, 1.807) is 0 Å². The predicted molar refractivity (Wildman–Crippen MR) is 77.8 cm³/mol. The van der Waals surface area contributed by atoms with Gasteiger partial charge < -0.3 is 8.85 Å². The van der Waals surface area contributed by atoms with Crippen LogP contribution in [0.2, 0.25) is 5.54 Å². The van der Waals surface area contributed by atoms with E-state index in [1.807, 2.05) is 0 Å². The van der Waals surface area contributed by atoms with Crippen LogP contribution in [0.4, 0.5) is 0 Å². The molecule has 0 aliphatic carbocycles. The van der Waals surface area contributed by atoms with E-state index in [2.05, 4.69) is 27.7 Å². The van der Waals surface area contributed by atoms with Gasteiger partial charge in [-0.1, -0.05) is 59.8 Å². The maximum Gasteiger partial charge on any atom is 0.324 e. The quantitative estimate of drug-likeness (QED) is 0.382. The van der Waals surface area contributed by atoms with E-state index in [1.165, 1.54) is 44.9 Å². The average Bonchev–Trinajstić information content (AvgIpc) is 2.36. The molecule has 3 heteroatoms. The highest BCUT2D eigenvalue weighted by atomic mass is 28.3. The van der Waals surface area contributed by atoms with Crippen molar-refractivity contribution in [1.82, 2.24) is 0 Å². The van der Waals surface area contributed by atoms with E-state index in [4.69, 9.17) is 8.85 Å². The first-order valence-corrected chi connectivity index (χ1v) is 9.10. The van der Waals surface area contributed by atoms with Crippen molar-refractivity contribution >= 4 is 9.28 Å². The molecule has 0 aromatic heterocycles. The van der Waals surface area contributed by atoms with Crippen LogP contribution < -0.4 is 0 Å². The van der Waals surface area contributed by atoms with Gasteiger partial charge in [-0.15, -0.1) is 0 Å². The number of hydrogen-bond acceptors (Lipinski definition) is 2. The van der Waals surface area contributed by atoms with Gasteiger partial charge in [0.05, 0.1) is 0 Å². The van der Waals surface area contributed by atoms with Crippen LogP contribution in [0.25, 0.3) is 0 Å². The third-order valence-electron chi connectivity index (χ3n) is 3.17. The molecule has 0 aliphatic rings. The highest BCUT2D eigenvalue weighted by Gasteiger charge is 2.20. The second-order valence-corrected chi connectivity index (χ2v) is 7.45. The normalized spacial score (nSPS) is 13.2. The minimum Gasteiger partial charge on any atom is -0.396 e. The van der Waals surface area contributed by atoms with Crippen LogP contribution in [-0.4, -0.2) is 22.5 Å². The van der Waals surface area contributed by atoms with Crippen molar-refractivity contribution in [2.75, 3.05) is 13.2 Å². The minimum absolute atomic E-state index is 0.637. The van der Waals surface area contributed by atoms with Crippen LogP contribution in [0.5, 0.6) is 0 Å². The molecule has 104 valence electrons. The molecule has 0 radical (unpaired) electrons. The summed E-state index contributed by atoms with van der Waals surface area (Å²) in [6.45, 7) is 10.8. The van der Waals surface area contributed by atoms with Crippen LogP contribution in [0.1, 0.15) is 72.6 Å². The lowest BCUT2D eigenvalue weighted by Gasteiger charge is -2.21. The van der Waals surface area contributed by atoms with Crippen molar-refractivity contribution in [2.45, 2.75) is 78.2 Å². The maximum absolute atomic E-state index is 5.99. The molecule has 0 spiro atoms. The van der Waals surface area contributed by atoms with E-state index >= 15 is 0 Å². The number of rotatable bonds is 12. The Labute approximate surface area is 110 Å². The molecule has 0 saturated carbocycles. The summed E-state index contributed by atoms with van der Waals surface area (Å²) in [5.74, 6) is 0. The molecular formula is C14H32O2Si. The summed E-state index contributed by atoms with van der Waals surface area (Å²) in [5, 5.41) is 0. The third-order valence-corrected chi connectivity index (χ3v) is 5.70. The smallest absolute Gasteiger partial charge is 0.324 e. The number of unbranched alkanes of at least 4 members (excludes halogenated alkanes) is 4. The lowest BCUT2D eigenvalue weighted by atomic mass is 10.3. The Hall–Kier alpha value is 0.137. The van der Waals surface area contributed by atoms with Gasteiger partial charge in [0.25, 0.3) is 0 Å². The molecule has 0 aromatic rings. The lowest BCUT2D eigenvalue weighted by Crippen LogP contribution is -2.28. The van der Waals surface area contributed by atoms with Gasteiger partial charge in [0.15, 0.2) is 0 Å². The Morgan fingerprint density at radius 1 is 0.824 bits per heavy atom. The Balaban J connectivity index is 3.72. The Morgan fingerprint density at radius 2 is 1.29 bits per heavy atom. The van der Waals surface area contributed by atoms with E-state index in [0.29, 0.717) is 5.54 Å². The Morgan fingerprint density at radius 3 is 1.65 bits per heavy atom. The van der Waals surface area contributed by atoms with Gasteiger partial charge in [0.1, 0.15) is 0 Å². The molecular weight excluding hydrogens is 228 g/mol. The highest BCUT2D eigenvalue weighted by molar-refractivity contribution is 6.46. The summed E-state index contributed by atoms with van der Waals surface area (Å²) < 4.78 is 12.0. The first kappa shape index (κ1) is 17.1. The van der Waals surface area contributed by atoms with Crippen LogP contribution >= 0.6 is 0 Å². The van der Waals surface area contributed by atoms with Gasteiger partial charge in [-0.3, -0.25) is 0 Å². The molecule has 0 aliphatic heterocycles. The zero-order chi connectivity index (χ0) is 12.9. The molecule has 0 heterocycles. The van der Waals surface area contributed by atoms with Crippen LogP contribution in [-0.2, 0) is 8.85 Å². The summed E-state index contributed by atoms with van der Waals surface area (Å²) in [5.41, 5.74) is 0.637. The molecule has 1 unspecified atom stereocenters. The van der Waals surface area contributed by atoms with E-state index in [9.17, 15) is 0 Å². The molecule has 0 bridgehead atoms. The monoisotopic (exact) mass is 260 g/mol. The lowest BCUT2D eigenvalue weighted by molar-refractivity contribution is 0.182. The van der Waals surface area contributed by atoms with Gasteiger partial charge in [0.2, 0.25) is 0 Å². The molecule has 1 atom stereocenters. The summed E-state index contributed by atoms with van der Waals surface area (Å²) in [6, 6.07) is 0. The predicted octanol–water partition coefficient (Wildman–Crippen LogP) is 4.42. The van der Waals surface area contributed by atoms with Gasteiger partial charge in [-0.05, 0) is 18.4 Å². The van der Waals surface area contributed by atoms with Gasteiger partial charge in [-0.2, -0.15) is 0 Å². The van der Waals surface area contributed by atoms with Crippen LogP contribution in [0, 0.1) is 0 Å². The fourth-order valence-corrected chi connectivity index (χ4v) is 3.61. The van der Waals surface area contributed by atoms with E-state index < -0.39 is 9.28 Å². The second kappa shape index (κ2) is 12.6. The zero-order valence-electron chi connectivity index (χ0n) is 12.3. The molecule has 2 nitrogen and oxygen atoms in total. The minimum atomic E-state index is -1.41. The molecule has 0 fully saturated rings. The molecule has 0 rings (SSSR count). The molecule has 0 N–H and O–H groups in total. The average molecular weight is 260 g/mol. The molecule has 0 amide bonds. The van der Waals surface area contributed by atoms with Gasteiger partial charge in [-0.25, -0.2) is 0 Å². The van der Waals surface area contributed by atoms with Gasteiger partial charge in [0, 0.05) is 13.2 Å². The SMILES string of the molecule is CCCCCO[SiH](OCCCCC)C(C)CC. The Bertz CT molecular complexity index is 141. The first-order valence-electron chi connectivity index (χ1n) is 7.49. The summed E-state index contributed by atoms with van der Waals surface area (Å²) in [6.07, 6.45) is 8.63. The third kappa shape index (κ3) is 9.80. The fourth-order valence-electron chi connectivity index (χ4n) is 1.67. The largest absolute Gasteiger partial charge is 0.396 e. The van der Waals surface area contributed by atoms with Crippen molar-refractivity contribution in [3.05, 3.63) is 0 Å². The highest BCUT2D eigenvalue weighted by Crippen LogP contribution is 2.16. The van der Waals surface area contributed by atoms with Crippen LogP contribution in [0.15, 0.2) is 0 Å². The molecule has 17 heavy (non-hydrogen) atoms. The Kier molecular flexibility index (Phi) is 12.7.